The van der Waals surface area contributed by atoms with Gasteiger partial charge in [-0.15, -0.1) is 0 Å². The summed E-state index contributed by atoms with van der Waals surface area (Å²) in [7, 11) is 2.97. The zero-order valence-electron chi connectivity index (χ0n) is 8.56. The van der Waals surface area contributed by atoms with Crippen LogP contribution in [0.1, 0.15) is 5.56 Å². The monoisotopic (exact) mass is 205 g/mol. The number of hydrogen-bond acceptors (Lipinski definition) is 4. The first-order valence-electron chi connectivity index (χ1n) is 4.56. The predicted molar refractivity (Wildman–Crippen MR) is 55.3 cm³/mol. The van der Waals surface area contributed by atoms with Crippen LogP contribution < -0.4 is 4.74 Å². The molecule has 0 aromatic heterocycles. The molecule has 1 aromatic carbocycles. The average Bonchev–Trinajstić information content (AvgIpc) is 3.08. The zero-order valence-corrected chi connectivity index (χ0v) is 8.56. The lowest BCUT2D eigenvalue weighted by Crippen LogP contribution is -2.14. The van der Waals surface area contributed by atoms with Gasteiger partial charge < -0.3 is 9.47 Å². The van der Waals surface area contributed by atoms with E-state index in [9.17, 15) is 4.79 Å². The number of nitrogens with zero attached hydrogens (tertiary/aromatic N) is 1. The van der Waals surface area contributed by atoms with E-state index in [0.717, 1.165) is 17.0 Å². The van der Waals surface area contributed by atoms with Crippen LogP contribution in [-0.2, 0) is 9.53 Å². The molecular weight excluding hydrogens is 194 g/mol. The van der Waals surface area contributed by atoms with E-state index in [1.54, 1.807) is 7.11 Å². The molecule has 4 heteroatoms. The fourth-order valence-corrected chi connectivity index (χ4v) is 1.37. The lowest BCUT2D eigenvalue weighted by Gasteiger charge is -1.99. The van der Waals surface area contributed by atoms with Crippen molar-refractivity contribution in [2.75, 3.05) is 14.2 Å². The number of benzene rings is 1. The van der Waals surface area contributed by atoms with Gasteiger partial charge in [0.05, 0.1) is 19.9 Å². The van der Waals surface area contributed by atoms with E-state index in [1.165, 1.54) is 7.11 Å². The van der Waals surface area contributed by atoms with Gasteiger partial charge in [-0.2, -0.15) is 0 Å². The fraction of sp³-hybridized carbons (Fsp3) is 0.273. The number of esters is 1. The summed E-state index contributed by atoms with van der Waals surface area (Å²) in [6, 6.07) is 7.03. The summed E-state index contributed by atoms with van der Waals surface area (Å²) in [5, 5.41) is 0. The van der Waals surface area contributed by atoms with Crippen molar-refractivity contribution in [3.8, 4) is 5.75 Å². The van der Waals surface area contributed by atoms with Crippen molar-refractivity contribution in [1.82, 2.24) is 0 Å². The minimum absolute atomic E-state index is 0.305. The van der Waals surface area contributed by atoms with E-state index in [4.69, 9.17) is 4.74 Å². The third kappa shape index (κ3) is 1.83. The topological polar surface area (TPSA) is 47.9 Å². The first kappa shape index (κ1) is 9.71. The van der Waals surface area contributed by atoms with Crippen LogP contribution >= 0.6 is 0 Å². The molecular formula is C11H11NO3. The smallest absolute Gasteiger partial charge is 0.336 e. The third-order valence-corrected chi connectivity index (χ3v) is 2.27. The Bertz CT molecular complexity index is 408. The van der Waals surface area contributed by atoms with Gasteiger partial charge in [-0.3, -0.25) is 4.99 Å². The van der Waals surface area contributed by atoms with Gasteiger partial charge in [-0.05, 0) is 29.8 Å². The number of aliphatic imine (C=N–C) groups is 1. The van der Waals surface area contributed by atoms with E-state index in [-0.39, 0.29) is 5.97 Å². The van der Waals surface area contributed by atoms with Crippen molar-refractivity contribution in [1.29, 1.82) is 0 Å². The molecule has 0 amide bonds. The zero-order chi connectivity index (χ0) is 10.8. The molecule has 1 aliphatic heterocycles. The number of carbonyl (C=O) groups excluding carboxylic acids is 1. The average molecular weight is 205 g/mol. The van der Waals surface area contributed by atoms with Crippen LogP contribution in [0, 0.1) is 0 Å². The molecule has 0 radical (unpaired) electrons. The van der Waals surface area contributed by atoms with E-state index in [2.05, 4.69) is 9.73 Å². The van der Waals surface area contributed by atoms with Crippen LogP contribution in [0.4, 0.5) is 0 Å². The second-order valence-corrected chi connectivity index (χ2v) is 3.17. The molecule has 0 fully saturated rings. The minimum Gasteiger partial charge on any atom is -0.497 e. The predicted octanol–water partition coefficient (Wildman–Crippen LogP) is 1.04. The summed E-state index contributed by atoms with van der Waals surface area (Å²) in [5.41, 5.74) is 1.72. The van der Waals surface area contributed by atoms with Gasteiger partial charge in [0.1, 0.15) is 5.75 Å². The normalized spacial score (nSPS) is 18.0. The molecule has 1 aromatic rings. The maximum atomic E-state index is 11.1. The Morgan fingerprint density at radius 1 is 1.27 bits per heavy atom. The van der Waals surface area contributed by atoms with E-state index >= 15 is 0 Å². The highest BCUT2D eigenvalue weighted by Crippen LogP contribution is 2.22. The van der Waals surface area contributed by atoms with Gasteiger partial charge in [0.15, 0.2) is 6.04 Å². The Balaban J connectivity index is 2.07. The summed E-state index contributed by atoms with van der Waals surface area (Å²) in [4.78, 5) is 15.2. The maximum Gasteiger partial charge on any atom is 0.336 e. The lowest BCUT2D eigenvalue weighted by molar-refractivity contribution is -0.139. The highest BCUT2D eigenvalue weighted by atomic mass is 16.5. The summed E-state index contributed by atoms with van der Waals surface area (Å²) in [6.45, 7) is 0. The largest absolute Gasteiger partial charge is 0.497 e. The minimum atomic E-state index is -0.400. The van der Waals surface area contributed by atoms with E-state index in [0.29, 0.717) is 0 Å². The van der Waals surface area contributed by atoms with Crippen LogP contribution in [0.2, 0.25) is 0 Å². The standard InChI is InChI=1S/C11H11NO3/c1-14-8-5-3-7(4-6-8)9-10(12-9)11(13)15-2/h3-6,10H,1-2H3. The number of rotatable bonds is 3. The summed E-state index contributed by atoms with van der Waals surface area (Å²) >= 11 is 0. The first-order chi connectivity index (χ1) is 7.26. The quantitative estimate of drug-likeness (QED) is 0.693. The Kier molecular flexibility index (Phi) is 2.41. The van der Waals surface area contributed by atoms with Crippen molar-refractivity contribution in [3.05, 3.63) is 29.8 Å². The third-order valence-electron chi connectivity index (χ3n) is 2.27. The molecule has 1 unspecified atom stereocenters. The fourth-order valence-electron chi connectivity index (χ4n) is 1.37. The molecule has 4 nitrogen and oxygen atoms in total. The molecule has 1 heterocycles. The number of carbonyl (C=O) groups is 1. The van der Waals surface area contributed by atoms with Crippen molar-refractivity contribution in [2.45, 2.75) is 6.04 Å². The second kappa shape index (κ2) is 3.73. The van der Waals surface area contributed by atoms with Gasteiger partial charge in [-0.1, -0.05) is 0 Å². The summed E-state index contributed by atoms with van der Waals surface area (Å²) in [6.07, 6.45) is 0. The molecule has 0 N–H and O–H groups in total. The number of ether oxygens (including phenoxy) is 2. The molecule has 0 saturated carbocycles. The van der Waals surface area contributed by atoms with E-state index in [1.807, 2.05) is 24.3 Å². The molecule has 0 aliphatic carbocycles. The molecule has 0 spiro atoms. The van der Waals surface area contributed by atoms with Crippen LogP contribution in [0.3, 0.4) is 0 Å². The SMILES string of the molecule is COC(=O)C1N=C1c1ccc(OC)cc1. The Morgan fingerprint density at radius 2 is 1.93 bits per heavy atom. The molecule has 1 aliphatic rings. The molecule has 15 heavy (non-hydrogen) atoms. The maximum absolute atomic E-state index is 11.1. The van der Waals surface area contributed by atoms with Gasteiger partial charge in [-0.25, -0.2) is 4.79 Å². The second-order valence-electron chi connectivity index (χ2n) is 3.17. The summed E-state index contributed by atoms with van der Waals surface area (Å²) in [5.74, 6) is 0.482. The van der Waals surface area contributed by atoms with Crippen molar-refractivity contribution in [2.24, 2.45) is 4.99 Å². The van der Waals surface area contributed by atoms with Crippen LogP contribution in [0.15, 0.2) is 29.3 Å². The van der Waals surface area contributed by atoms with Crippen LogP contribution in [0.25, 0.3) is 0 Å². The molecule has 78 valence electrons. The van der Waals surface area contributed by atoms with Gasteiger partial charge in [0.2, 0.25) is 0 Å². The highest BCUT2D eigenvalue weighted by Gasteiger charge is 2.36. The highest BCUT2D eigenvalue weighted by molar-refractivity contribution is 6.24. The van der Waals surface area contributed by atoms with Crippen molar-refractivity contribution >= 4 is 11.7 Å². The van der Waals surface area contributed by atoms with Crippen LogP contribution in [-0.4, -0.2) is 31.9 Å². The Hall–Kier alpha value is -1.84. The van der Waals surface area contributed by atoms with Crippen molar-refractivity contribution < 1.29 is 14.3 Å². The first-order valence-corrected chi connectivity index (χ1v) is 4.56. The number of methoxy groups -OCH3 is 2. The molecule has 2 rings (SSSR count). The van der Waals surface area contributed by atoms with Crippen LogP contribution in [0.5, 0.6) is 5.75 Å². The molecule has 1 atom stereocenters. The number of hydrogen-bond donors (Lipinski definition) is 0. The molecule has 0 saturated heterocycles. The Morgan fingerprint density at radius 3 is 2.47 bits per heavy atom. The van der Waals surface area contributed by atoms with Crippen molar-refractivity contribution in [3.63, 3.8) is 0 Å². The molecule has 0 bridgehead atoms. The van der Waals surface area contributed by atoms with Gasteiger partial charge in [0.25, 0.3) is 0 Å². The Labute approximate surface area is 87.5 Å². The van der Waals surface area contributed by atoms with Gasteiger partial charge in [0, 0.05) is 0 Å². The van der Waals surface area contributed by atoms with E-state index < -0.39 is 6.04 Å². The van der Waals surface area contributed by atoms with Gasteiger partial charge >= 0.3 is 5.97 Å². The lowest BCUT2D eigenvalue weighted by atomic mass is 10.1. The summed E-state index contributed by atoms with van der Waals surface area (Å²) < 4.78 is 9.63.